The molecular weight excluding hydrogens is 332 g/mol. The number of rotatable bonds is 3. The van der Waals surface area contributed by atoms with E-state index in [1.807, 2.05) is 10.6 Å². The highest BCUT2D eigenvalue weighted by Crippen LogP contribution is 2.21. The van der Waals surface area contributed by atoms with Gasteiger partial charge in [0, 0.05) is 44.8 Å². The first kappa shape index (κ1) is 16.8. The monoisotopic (exact) mass is 352 g/mol. The van der Waals surface area contributed by atoms with Crippen molar-refractivity contribution in [2.45, 2.75) is 13.5 Å². The highest BCUT2D eigenvalue weighted by molar-refractivity contribution is 6.29. The third kappa shape index (κ3) is 2.99. The van der Waals surface area contributed by atoms with Crippen molar-refractivity contribution in [1.29, 1.82) is 0 Å². The molecule has 1 N–H and O–H groups in total. The number of aromatic amines is 1. The topological polar surface area (TPSA) is 79.2 Å². The zero-order valence-electron chi connectivity index (χ0n) is 14.0. The molecule has 3 heterocycles. The average molecular weight is 353 g/mol. The van der Waals surface area contributed by atoms with Gasteiger partial charge >= 0.3 is 5.69 Å². The fraction of sp³-hybridized carbons (Fsp3) is 0.533. The minimum Gasteiger partial charge on any atom is -0.340 e. The van der Waals surface area contributed by atoms with E-state index in [9.17, 15) is 9.59 Å². The number of fused-ring (bicyclic) bond motifs is 1. The Bertz CT molecular complexity index is 897. The Morgan fingerprint density at radius 2 is 1.92 bits per heavy atom. The van der Waals surface area contributed by atoms with E-state index in [0.29, 0.717) is 28.7 Å². The first-order valence-electron chi connectivity index (χ1n) is 7.83. The third-order valence-electron chi connectivity index (χ3n) is 4.33. The Balaban J connectivity index is 2.20. The molecule has 0 bridgehead atoms. The Hall–Kier alpha value is -2.06. The molecule has 0 amide bonds. The summed E-state index contributed by atoms with van der Waals surface area (Å²) < 4.78 is 3.19. The number of nitrogens with one attached hydrogen (secondary N) is 1. The van der Waals surface area contributed by atoms with Gasteiger partial charge in [0.05, 0.1) is 0 Å². The highest BCUT2D eigenvalue weighted by atomic mass is 35.5. The average Bonchev–Trinajstić information content (AvgIpc) is 2.91. The maximum absolute atomic E-state index is 12.4. The van der Waals surface area contributed by atoms with Crippen LogP contribution in [0.3, 0.4) is 0 Å². The summed E-state index contributed by atoms with van der Waals surface area (Å²) in [6.45, 7) is 5.68. The standard InChI is InChI=1S/C15H21ClN6O2/c1-10(16)4-5-22-11-12(20(3)15(24)18-13(11)23)17-14(22)21-8-6-19(2)7-9-21/h4H,5-9H2,1-3H3,(H,18,23,24). The van der Waals surface area contributed by atoms with Crippen LogP contribution in [0.4, 0.5) is 5.95 Å². The molecule has 0 atom stereocenters. The lowest BCUT2D eigenvalue weighted by Gasteiger charge is -2.33. The molecular formula is C15H21ClN6O2. The van der Waals surface area contributed by atoms with Crippen LogP contribution in [0, 0.1) is 0 Å². The number of likely N-dealkylation sites (N-methyl/N-ethyl adjacent to an activating group) is 1. The maximum atomic E-state index is 12.4. The Labute approximate surface area is 144 Å². The number of halogens is 1. The number of nitrogens with zero attached hydrogens (tertiary/aromatic N) is 5. The van der Waals surface area contributed by atoms with Crippen molar-refractivity contribution in [3.63, 3.8) is 0 Å². The smallest absolute Gasteiger partial charge is 0.329 e. The van der Waals surface area contributed by atoms with Gasteiger partial charge in [0.2, 0.25) is 5.95 Å². The van der Waals surface area contributed by atoms with Crippen LogP contribution in [0.15, 0.2) is 20.7 Å². The second kappa shape index (κ2) is 6.45. The molecule has 9 heteroatoms. The van der Waals surface area contributed by atoms with E-state index in [0.717, 1.165) is 26.2 Å². The second-order valence-corrected chi connectivity index (χ2v) is 6.69. The number of H-pyrrole nitrogens is 1. The summed E-state index contributed by atoms with van der Waals surface area (Å²) in [6.07, 6.45) is 1.83. The first-order valence-corrected chi connectivity index (χ1v) is 8.21. The quantitative estimate of drug-likeness (QED) is 0.860. The lowest BCUT2D eigenvalue weighted by atomic mass is 10.3. The van der Waals surface area contributed by atoms with Crippen LogP contribution < -0.4 is 16.1 Å². The number of hydrogen-bond acceptors (Lipinski definition) is 5. The van der Waals surface area contributed by atoms with Crippen molar-refractivity contribution in [3.05, 3.63) is 31.9 Å². The summed E-state index contributed by atoms with van der Waals surface area (Å²) in [5, 5.41) is 0.641. The molecule has 8 nitrogen and oxygen atoms in total. The SMILES string of the molecule is CC(Cl)=CCn1c(N2CCN(C)CC2)nc2c1c(=O)[nH]c(=O)n2C. The second-order valence-electron chi connectivity index (χ2n) is 6.09. The molecule has 1 aliphatic heterocycles. The van der Waals surface area contributed by atoms with Gasteiger partial charge in [0.25, 0.3) is 5.56 Å². The van der Waals surface area contributed by atoms with E-state index in [-0.39, 0.29) is 0 Å². The van der Waals surface area contributed by atoms with Crippen LogP contribution >= 0.6 is 11.6 Å². The van der Waals surface area contributed by atoms with E-state index in [4.69, 9.17) is 11.6 Å². The van der Waals surface area contributed by atoms with Gasteiger partial charge in [-0.25, -0.2) is 4.79 Å². The van der Waals surface area contributed by atoms with E-state index in [1.165, 1.54) is 4.57 Å². The van der Waals surface area contributed by atoms with Gasteiger partial charge in [-0.2, -0.15) is 4.98 Å². The van der Waals surface area contributed by atoms with Crippen LogP contribution in [-0.4, -0.2) is 57.2 Å². The van der Waals surface area contributed by atoms with Crippen LogP contribution in [0.2, 0.25) is 0 Å². The lowest BCUT2D eigenvalue weighted by molar-refractivity contribution is 0.310. The summed E-state index contributed by atoms with van der Waals surface area (Å²) in [6, 6.07) is 0. The van der Waals surface area contributed by atoms with Crippen molar-refractivity contribution in [3.8, 4) is 0 Å². The number of allylic oxidation sites excluding steroid dienone is 2. The van der Waals surface area contributed by atoms with Gasteiger partial charge in [-0.3, -0.25) is 14.3 Å². The predicted octanol–water partition coefficient (Wildman–Crippen LogP) is 0.318. The summed E-state index contributed by atoms with van der Waals surface area (Å²) in [4.78, 5) is 35.5. The number of anilines is 1. The largest absolute Gasteiger partial charge is 0.340 e. The van der Waals surface area contributed by atoms with Gasteiger partial charge in [0.15, 0.2) is 11.2 Å². The predicted molar refractivity (Wildman–Crippen MR) is 94.9 cm³/mol. The zero-order chi connectivity index (χ0) is 17.4. The van der Waals surface area contributed by atoms with Crippen LogP contribution in [-0.2, 0) is 13.6 Å². The molecule has 3 rings (SSSR count). The molecule has 1 saturated heterocycles. The minimum atomic E-state index is -0.467. The van der Waals surface area contributed by atoms with Crippen molar-refractivity contribution < 1.29 is 0 Å². The minimum absolute atomic E-state index is 0.387. The molecule has 2 aromatic rings. The Kier molecular flexibility index (Phi) is 4.51. The molecule has 0 spiro atoms. The summed E-state index contributed by atoms with van der Waals surface area (Å²) >= 11 is 5.97. The molecule has 0 unspecified atom stereocenters. The molecule has 0 aliphatic carbocycles. The normalized spacial score (nSPS) is 17.0. The summed E-state index contributed by atoms with van der Waals surface area (Å²) in [5.74, 6) is 0.693. The van der Waals surface area contributed by atoms with Crippen LogP contribution in [0.1, 0.15) is 6.92 Å². The van der Waals surface area contributed by atoms with Gasteiger partial charge in [-0.05, 0) is 14.0 Å². The fourth-order valence-corrected chi connectivity index (χ4v) is 2.93. The number of piperazine rings is 1. The van der Waals surface area contributed by atoms with Gasteiger partial charge in [-0.1, -0.05) is 17.7 Å². The van der Waals surface area contributed by atoms with Crippen LogP contribution in [0.25, 0.3) is 11.2 Å². The summed E-state index contributed by atoms with van der Waals surface area (Å²) in [5.41, 5.74) is -0.119. The van der Waals surface area contributed by atoms with Crippen LogP contribution in [0.5, 0.6) is 0 Å². The molecule has 1 aliphatic rings. The molecule has 0 aromatic carbocycles. The molecule has 0 saturated carbocycles. The molecule has 0 radical (unpaired) electrons. The maximum Gasteiger partial charge on any atom is 0.329 e. The first-order chi connectivity index (χ1) is 11.4. The summed E-state index contributed by atoms with van der Waals surface area (Å²) in [7, 11) is 3.68. The number of imidazole rings is 1. The van der Waals surface area contributed by atoms with Crippen molar-refractivity contribution in [1.82, 2.24) is 24.0 Å². The lowest BCUT2D eigenvalue weighted by Crippen LogP contribution is -2.45. The van der Waals surface area contributed by atoms with E-state index in [2.05, 4.69) is 26.8 Å². The molecule has 130 valence electrons. The van der Waals surface area contributed by atoms with Gasteiger partial charge < -0.3 is 14.4 Å². The highest BCUT2D eigenvalue weighted by Gasteiger charge is 2.23. The fourth-order valence-electron chi connectivity index (χ4n) is 2.86. The number of hydrogen-bond donors (Lipinski definition) is 1. The van der Waals surface area contributed by atoms with E-state index >= 15 is 0 Å². The molecule has 2 aromatic heterocycles. The van der Waals surface area contributed by atoms with Gasteiger partial charge in [0.1, 0.15) is 0 Å². The van der Waals surface area contributed by atoms with E-state index < -0.39 is 11.2 Å². The third-order valence-corrected chi connectivity index (χ3v) is 4.48. The van der Waals surface area contributed by atoms with Crippen molar-refractivity contribution in [2.75, 3.05) is 38.1 Å². The molecule has 1 fully saturated rings. The molecule has 24 heavy (non-hydrogen) atoms. The Morgan fingerprint density at radius 3 is 2.54 bits per heavy atom. The van der Waals surface area contributed by atoms with Crippen molar-refractivity contribution in [2.24, 2.45) is 7.05 Å². The van der Waals surface area contributed by atoms with Gasteiger partial charge in [-0.15, -0.1) is 0 Å². The number of aromatic nitrogens is 4. The van der Waals surface area contributed by atoms with Crippen molar-refractivity contribution >= 4 is 28.7 Å². The Morgan fingerprint density at radius 1 is 1.25 bits per heavy atom. The number of aryl methyl sites for hydroxylation is 1. The van der Waals surface area contributed by atoms with E-state index in [1.54, 1.807) is 14.0 Å². The zero-order valence-corrected chi connectivity index (χ0v) is 14.8.